The molecule has 12 N–H and O–H groups in total. The quantitative estimate of drug-likeness (QED) is 0.105. The average Bonchev–Trinajstić information content (AvgIpc) is 2.68. The first-order valence-electron chi connectivity index (χ1n) is 10.4. The van der Waals surface area contributed by atoms with E-state index in [9.17, 15) is 38.7 Å². The fourth-order valence-corrected chi connectivity index (χ4v) is 2.79. The second-order valence-electron chi connectivity index (χ2n) is 8.10. The van der Waals surface area contributed by atoms with Gasteiger partial charge in [-0.2, -0.15) is 0 Å². The van der Waals surface area contributed by atoms with Gasteiger partial charge in [-0.25, -0.2) is 4.79 Å². The van der Waals surface area contributed by atoms with Crippen LogP contribution in [-0.4, -0.2) is 70.7 Å². The third kappa shape index (κ3) is 12.3. The molecular weight excluding hydrogens is 454 g/mol. The highest BCUT2D eigenvalue weighted by Gasteiger charge is 2.31. The minimum atomic E-state index is -1.58. The second kappa shape index (κ2) is 14.4. The number of nitrogens with one attached hydrogen (secondary N) is 3. The van der Waals surface area contributed by atoms with Gasteiger partial charge in [-0.1, -0.05) is 13.8 Å². The van der Waals surface area contributed by atoms with Crippen LogP contribution in [0.15, 0.2) is 0 Å². The number of carboxylic acids is 1. The van der Waals surface area contributed by atoms with Crippen LogP contribution in [0.2, 0.25) is 0 Å². The fraction of sp³-hybridized carbons (Fsp3) is 0.632. The van der Waals surface area contributed by atoms with E-state index in [4.69, 9.17) is 22.9 Å². The van der Waals surface area contributed by atoms with E-state index in [2.05, 4.69) is 16.0 Å². The lowest BCUT2D eigenvalue weighted by molar-refractivity contribution is -0.143. The predicted molar refractivity (Wildman–Crippen MR) is 117 cm³/mol. The summed E-state index contributed by atoms with van der Waals surface area (Å²) in [6.07, 6.45) is -1.76. The molecule has 4 unspecified atom stereocenters. The molecule has 0 aliphatic carbocycles. The summed E-state index contributed by atoms with van der Waals surface area (Å²) in [7, 11) is 0. The molecule has 0 aromatic heterocycles. The van der Waals surface area contributed by atoms with E-state index in [1.165, 1.54) is 0 Å². The Morgan fingerprint density at radius 1 is 0.706 bits per heavy atom. The van der Waals surface area contributed by atoms with Crippen molar-refractivity contribution in [3.63, 3.8) is 0 Å². The predicted octanol–water partition coefficient (Wildman–Crippen LogP) is -4.08. The summed E-state index contributed by atoms with van der Waals surface area (Å²) >= 11 is 0. The summed E-state index contributed by atoms with van der Waals surface area (Å²) in [5.74, 6) is -6.98. The lowest BCUT2D eigenvalue weighted by Gasteiger charge is -2.25. The molecule has 0 aromatic rings. The van der Waals surface area contributed by atoms with Crippen molar-refractivity contribution in [2.75, 3.05) is 0 Å². The van der Waals surface area contributed by atoms with E-state index in [-0.39, 0.29) is 25.2 Å². The van der Waals surface area contributed by atoms with E-state index < -0.39 is 78.4 Å². The van der Waals surface area contributed by atoms with Crippen LogP contribution in [-0.2, 0) is 33.6 Å². The van der Waals surface area contributed by atoms with Crippen molar-refractivity contribution in [2.45, 2.75) is 70.1 Å². The number of carboxylic acid groups (broad SMARTS) is 1. The summed E-state index contributed by atoms with van der Waals surface area (Å²) in [6.45, 7) is 3.49. The Morgan fingerprint density at radius 2 is 1.18 bits per heavy atom. The molecule has 0 rings (SSSR count). The van der Waals surface area contributed by atoms with Crippen LogP contribution in [0.3, 0.4) is 0 Å². The van der Waals surface area contributed by atoms with Gasteiger partial charge in [0.05, 0.1) is 18.9 Å². The van der Waals surface area contributed by atoms with Gasteiger partial charge in [0.25, 0.3) is 0 Å². The number of aliphatic carboxylic acids is 1. The maximum absolute atomic E-state index is 12.7. The van der Waals surface area contributed by atoms with Crippen molar-refractivity contribution in [3.05, 3.63) is 0 Å². The van der Waals surface area contributed by atoms with Gasteiger partial charge in [0.1, 0.15) is 18.1 Å². The Morgan fingerprint density at radius 3 is 1.62 bits per heavy atom. The van der Waals surface area contributed by atoms with E-state index in [1.54, 1.807) is 13.8 Å². The molecule has 0 aromatic carbocycles. The molecule has 4 atom stereocenters. The van der Waals surface area contributed by atoms with E-state index in [0.29, 0.717) is 0 Å². The summed E-state index contributed by atoms with van der Waals surface area (Å²) in [6, 6.07) is -5.70. The number of carbonyl (C=O) groups is 7. The maximum Gasteiger partial charge on any atom is 0.326 e. The first-order valence-corrected chi connectivity index (χ1v) is 10.4. The van der Waals surface area contributed by atoms with Crippen LogP contribution in [0.25, 0.3) is 0 Å². The zero-order chi connectivity index (χ0) is 26.6. The molecule has 192 valence electrons. The molecule has 0 saturated carbocycles. The molecular formula is C19H33N7O8. The number of nitrogens with two attached hydrogens (primary N) is 4. The largest absolute Gasteiger partial charge is 0.480 e. The Balaban J connectivity index is 5.61. The van der Waals surface area contributed by atoms with Gasteiger partial charge in [-0.05, 0) is 18.8 Å². The van der Waals surface area contributed by atoms with Gasteiger partial charge in [-0.3, -0.25) is 28.8 Å². The number of hydrogen-bond acceptors (Lipinski definition) is 8. The lowest BCUT2D eigenvalue weighted by Crippen LogP contribution is -2.58. The molecule has 0 fully saturated rings. The van der Waals surface area contributed by atoms with Crippen LogP contribution >= 0.6 is 0 Å². The van der Waals surface area contributed by atoms with Crippen LogP contribution in [0.1, 0.15) is 46.0 Å². The van der Waals surface area contributed by atoms with Crippen molar-refractivity contribution in [3.8, 4) is 0 Å². The summed E-state index contributed by atoms with van der Waals surface area (Å²) in [5.41, 5.74) is 20.7. The first-order chi connectivity index (χ1) is 15.6. The van der Waals surface area contributed by atoms with E-state index >= 15 is 0 Å². The normalized spacial score (nSPS) is 14.2. The Hall–Kier alpha value is -3.75. The summed E-state index contributed by atoms with van der Waals surface area (Å²) in [5, 5.41) is 16.0. The third-order valence-corrected chi connectivity index (χ3v) is 4.43. The standard InChI is InChI=1S/C19H33N7O8/c1-8(2)5-12(19(33)34)26-17(31)10(3-4-13(21)27)24-18(32)11(7-15(23)29)25-16(30)9(20)6-14(22)28/h8-12H,3-7,20H2,1-2H3,(H2,21,27)(H2,22,28)(H2,23,29)(H,24,32)(H,25,30)(H,26,31)(H,33,34). The molecule has 0 heterocycles. The van der Waals surface area contributed by atoms with Gasteiger partial charge in [0.2, 0.25) is 35.4 Å². The van der Waals surface area contributed by atoms with Crippen molar-refractivity contribution < 1.29 is 38.7 Å². The maximum atomic E-state index is 12.7. The van der Waals surface area contributed by atoms with Crippen LogP contribution in [0.5, 0.6) is 0 Å². The average molecular weight is 488 g/mol. The molecule has 0 radical (unpaired) electrons. The molecule has 15 nitrogen and oxygen atoms in total. The number of amides is 6. The lowest BCUT2D eigenvalue weighted by atomic mass is 10.0. The smallest absolute Gasteiger partial charge is 0.326 e. The molecule has 0 spiro atoms. The molecule has 6 amide bonds. The van der Waals surface area contributed by atoms with E-state index in [1.807, 2.05) is 0 Å². The molecule has 15 heteroatoms. The molecule has 0 aliphatic rings. The Labute approximate surface area is 195 Å². The number of carbonyl (C=O) groups excluding carboxylic acids is 6. The highest BCUT2D eigenvalue weighted by atomic mass is 16.4. The molecule has 0 aliphatic heterocycles. The number of hydrogen-bond donors (Lipinski definition) is 8. The summed E-state index contributed by atoms with van der Waals surface area (Å²) in [4.78, 5) is 82.6. The van der Waals surface area contributed by atoms with Crippen LogP contribution in [0, 0.1) is 5.92 Å². The SMILES string of the molecule is CC(C)CC(NC(=O)C(CCC(N)=O)NC(=O)C(CC(N)=O)NC(=O)C(N)CC(N)=O)C(=O)O. The Bertz CT molecular complexity index is 802. The van der Waals surface area contributed by atoms with Crippen molar-refractivity contribution in [1.82, 2.24) is 16.0 Å². The fourth-order valence-electron chi connectivity index (χ4n) is 2.79. The van der Waals surface area contributed by atoms with Gasteiger partial charge in [-0.15, -0.1) is 0 Å². The molecule has 0 bridgehead atoms. The highest BCUT2D eigenvalue weighted by molar-refractivity contribution is 5.97. The third-order valence-electron chi connectivity index (χ3n) is 4.43. The first kappa shape index (κ1) is 30.2. The van der Waals surface area contributed by atoms with Crippen LogP contribution < -0.4 is 38.9 Å². The van der Waals surface area contributed by atoms with Gasteiger partial charge in [0.15, 0.2) is 0 Å². The topological polar surface area (TPSA) is 280 Å². The van der Waals surface area contributed by atoms with Gasteiger partial charge < -0.3 is 44.0 Å². The zero-order valence-electron chi connectivity index (χ0n) is 19.0. The van der Waals surface area contributed by atoms with Crippen LogP contribution in [0.4, 0.5) is 0 Å². The van der Waals surface area contributed by atoms with Gasteiger partial charge >= 0.3 is 5.97 Å². The molecule has 34 heavy (non-hydrogen) atoms. The van der Waals surface area contributed by atoms with Crippen molar-refractivity contribution >= 4 is 41.4 Å². The van der Waals surface area contributed by atoms with Crippen molar-refractivity contribution in [2.24, 2.45) is 28.9 Å². The molecule has 0 saturated heterocycles. The monoisotopic (exact) mass is 487 g/mol. The zero-order valence-corrected chi connectivity index (χ0v) is 19.0. The summed E-state index contributed by atoms with van der Waals surface area (Å²) < 4.78 is 0. The van der Waals surface area contributed by atoms with Gasteiger partial charge in [0, 0.05) is 6.42 Å². The van der Waals surface area contributed by atoms with Crippen molar-refractivity contribution in [1.29, 1.82) is 0 Å². The second-order valence-corrected chi connectivity index (χ2v) is 8.10. The highest BCUT2D eigenvalue weighted by Crippen LogP contribution is 2.07. The minimum absolute atomic E-state index is 0.0835. The minimum Gasteiger partial charge on any atom is -0.480 e. The number of primary amides is 3. The van der Waals surface area contributed by atoms with E-state index in [0.717, 1.165) is 0 Å². The Kier molecular flexibility index (Phi) is 12.8. The number of rotatable bonds is 16.